The highest BCUT2D eigenvalue weighted by Crippen LogP contribution is 2.36. The van der Waals surface area contributed by atoms with E-state index in [1.54, 1.807) is 17.0 Å². The summed E-state index contributed by atoms with van der Waals surface area (Å²) in [6.07, 6.45) is 1.84. The Morgan fingerprint density at radius 3 is 2.29 bits per heavy atom. The lowest BCUT2D eigenvalue weighted by molar-refractivity contribution is -0.113. The number of carbonyl (C=O) groups is 1. The molecule has 0 unspecified atom stereocenters. The van der Waals surface area contributed by atoms with E-state index in [0.29, 0.717) is 14.2 Å². The van der Waals surface area contributed by atoms with Crippen molar-refractivity contribution in [3.63, 3.8) is 0 Å². The minimum absolute atomic E-state index is 0.0995. The van der Waals surface area contributed by atoms with E-state index in [9.17, 15) is 4.79 Å². The molecule has 0 radical (unpaired) electrons. The smallest absolute Gasteiger partial charge is 0.270 e. The summed E-state index contributed by atoms with van der Waals surface area (Å²) >= 11 is 12.6. The maximum Gasteiger partial charge on any atom is 0.270 e. The first kappa shape index (κ1) is 17.0. The number of carbonyl (C=O) groups excluding carboxylic acids is 1. The van der Waals surface area contributed by atoms with Crippen LogP contribution in [-0.4, -0.2) is 24.3 Å². The van der Waals surface area contributed by atoms with Gasteiger partial charge in [-0.25, -0.2) is 0 Å². The second kappa shape index (κ2) is 6.97. The quantitative estimate of drug-likeness (QED) is 0.568. The molecule has 1 saturated heterocycles. The summed E-state index contributed by atoms with van der Waals surface area (Å²) in [6, 6.07) is 15.1. The van der Waals surface area contributed by atoms with E-state index in [2.05, 4.69) is 0 Å². The molecule has 0 aromatic heterocycles. The Bertz CT molecular complexity index is 814. The summed E-state index contributed by atoms with van der Waals surface area (Å²) in [4.78, 5) is 16.9. The van der Waals surface area contributed by atoms with Gasteiger partial charge in [0.1, 0.15) is 0 Å². The molecular weight excluding hydrogens is 360 g/mol. The van der Waals surface area contributed by atoms with E-state index in [1.807, 2.05) is 61.5 Å². The van der Waals surface area contributed by atoms with E-state index in [0.717, 1.165) is 16.9 Å². The van der Waals surface area contributed by atoms with Gasteiger partial charge in [0.2, 0.25) is 0 Å². The van der Waals surface area contributed by atoms with Gasteiger partial charge < -0.3 is 4.90 Å². The Balaban J connectivity index is 1.87. The number of rotatable bonds is 3. The number of thioether (sulfide) groups is 1. The summed E-state index contributed by atoms with van der Waals surface area (Å²) in [5, 5.41) is 0.667. The predicted octanol–water partition coefficient (Wildman–Crippen LogP) is 4.81. The molecule has 0 saturated carbocycles. The Kier molecular flexibility index (Phi) is 4.94. The van der Waals surface area contributed by atoms with Gasteiger partial charge in [0, 0.05) is 24.8 Å². The van der Waals surface area contributed by atoms with E-state index in [-0.39, 0.29) is 5.91 Å². The number of thiocarbonyl (C=S) groups is 1. The van der Waals surface area contributed by atoms with Gasteiger partial charge in [0.15, 0.2) is 4.32 Å². The van der Waals surface area contributed by atoms with Gasteiger partial charge >= 0.3 is 0 Å². The average molecular weight is 375 g/mol. The van der Waals surface area contributed by atoms with Crippen LogP contribution >= 0.6 is 35.6 Å². The van der Waals surface area contributed by atoms with Gasteiger partial charge in [-0.15, -0.1) is 0 Å². The number of halogens is 1. The van der Waals surface area contributed by atoms with Crippen molar-refractivity contribution in [1.29, 1.82) is 0 Å². The highest BCUT2D eigenvalue weighted by Gasteiger charge is 2.33. The van der Waals surface area contributed by atoms with Crippen molar-refractivity contribution in [3.8, 4) is 0 Å². The fraction of sp³-hybridized carbons (Fsp3) is 0.111. The molecule has 122 valence electrons. The summed E-state index contributed by atoms with van der Waals surface area (Å²) in [7, 11) is 3.95. The first-order valence-corrected chi connectivity index (χ1v) is 8.87. The molecule has 0 spiro atoms. The number of hydrogen-bond donors (Lipinski definition) is 0. The van der Waals surface area contributed by atoms with Crippen LogP contribution in [-0.2, 0) is 4.79 Å². The van der Waals surface area contributed by atoms with Gasteiger partial charge in [-0.2, -0.15) is 0 Å². The van der Waals surface area contributed by atoms with Crippen LogP contribution in [0.15, 0.2) is 53.4 Å². The Labute approximate surface area is 155 Å². The molecule has 0 N–H and O–H groups in total. The standard InChI is InChI=1S/C18H15ClN2OS2/c1-20(2)14-7-9-15(10-8-14)21-17(22)16(24-18(21)23)11-12-3-5-13(19)6-4-12/h3-11H,1-2H3. The van der Waals surface area contributed by atoms with Crippen LogP contribution in [0.25, 0.3) is 6.08 Å². The molecule has 1 aliphatic rings. The van der Waals surface area contributed by atoms with Crippen LogP contribution in [0.1, 0.15) is 5.56 Å². The molecule has 3 rings (SSSR count). The maximum atomic E-state index is 12.7. The molecule has 2 aromatic rings. The molecule has 1 heterocycles. The molecule has 24 heavy (non-hydrogen) atoms. The van der Waals surface area contributed by atoms with E-state index >= 15 is 0 Å². The normalized spacial score (nSPS) is 16.1. The molecule has 6 heteroatoms. The fourth-order valence-electron chi connectivity index (χ4n) is 2.30. The Morgan fingerprint density at radius 1 is 1.08 bits per heavy atom. The third-order valence-electron chi connectivity index (χ3n) is 3.59. The number of amides is 1. The van der Waals surface area contributed by atoms with Crippen LogP contribution in [0.4, 0.5) is 11.4 Å². The van der Waals surface area contributed by atoms with Gasteiger partial charge in [0.05, 0.1) is 10.6 Å². The summed E-state index contributed by atoms with van der Waals surface area (Å²) in [5.41, 5.74) is 2.77. The van der Waals surface area contributed by atoms with Crippen molar-refractivity contribution in [2.45, 2.75) is 0 Å². The van der Waals surface area contributed by atoms with Crippen molar-refractivity contribution >= 4 is 63.3 Å². The monoisotopic (exact) mass is 374 g/mol. The van der Waals surface area contributed by atoms with E-state index < -0.39 is 0 Å². The van der Waals surface area contributed by atoms with Crippen LogP contribution < -0.4 is 9.80 Å². The number of hydrogen-bond acceptors (Lipinski definition) is 4. The highest BCUT2D eigenvalue weighted by molar-refractivity contribution is 8.27. The van der Waals surface area contributed by atoms with Crippen molar-refractivity contribution in [2.75, 3.05) is 23.9 Å². The lowest BCUT2D eigenvalue weighted by Gasteiger charge is -2.17. The molecule has 3 nitrogen and oxygen atoms in total. The van der Waals surface area contributed by atoms with E-state index in [1.165, 1.54) is 11.8 Å². The van der Waals surface area contributed by atoms with Crippen molar-refractivity contribution in [3.05, 3.63) is 64.0 Å². The number of nitrogens with zero attached hydrogens (tertiary/aromatic N) is 2. The molecule has 0 atom stereocenters. The Morgan fingerprint density at radius 2 is 1.71 bits per heavy atom. The first-order valence-electron chi connectivity index (χ1n) is 7.26. The van der Waals surface area contributed by atoms with Gasteiger partial charge in [-0.1, -0.05) is 47.7 Å². The molecule has 1 amide bonds. The molecule has 0 aliphatic carbocycles. The summed E-state index contributed by atoms with van der Waals surface area (Å²) < 4.78 is 0.540. The van der Waals surface area contributed by atoms with Crippen molar-refractivity contribution in [1.82, 2.24) is 0 Å². The van der Waals surface area contributed by atoms with Crippen LogP contribution in [0.2, 0.25) is 5.02 Å². The second-order valence-electron chi connectivity index (χ2n) is 5.48. The maximum absolute atomic E-state index is 12.7. The predicted molar refractivity (Wildman–Crippen MR) is 108 cm³/mol. The van der Waals surface area contributed by atoms with Crippen LogP contribution in [0, 0.1) is 0 Å². The fourth-order valence-corrected chi connectivity index (χ4v) is 3.73. The number of benzene rings is 2. The third kappa shape index (κ3) is 3.48. The van der Waals surface area contributed by atoms with Crippen molar-refractivity contribution in [2.24, 2.45) is 0 Å². The minimum Gasteiger partial charge on any atom is -0.378 e. The average Bonchev–Trinajstić information content (AvgIpc) is 2.83. The van der Waals surface area contributed by atoms with E-state index in [4.69, 9.17) is 23.8 Å². The summed E-state index contributed by atoms with van der Waals surface area (Å²) in [5.74, 6) is -0.0995. The minimum atomic E-state index is -0.0995. The SMILES string of the molecule is CN(C)c1ccc(N2C(=O)C(=Cc3ccc(Cl)cc3)SC2=S)cc1. The van der Waals surface area contributed by atoms with Gasteiger partial charge in [-0.3, -0.25) is 9.69 Å². The molecule has 0 bridgehead atoms. The molecule has 1 aliphatic heterocycles. The van der Waals surface area contributed by atoms with Crippen LogP contribution in [0.3, 0.4) is 0 Å². The van der Waals surface area contributed by atoms with Gasteiger partial charge in [-0.05, 0) is 48.0 Å². The third-order valence-corrected chi connectivity index (χ3v) is 5.14. The number of anilines is 2. The van der Waals surface area contributed by atoms with Gasteiger partial charge in [0.25, 0.3) is 5.91 Å². The largest absolute Gasteiger partial charge is 0.378 e. The zero-order valence-corrected chi connectivity index (χ0v) is 15.6. The molecular formula is C18H15ClN2OS2. The van der Waals surface area contributed by atoms with Crippen LogP contribution in [0.5, 0.6) is 0 Å². The molecule has 1 fully saturated rings. The lowest BCUT2D eigenvalue weighted by Crippen LogP contribution is -2.27. The zero-order chi connectivity index (χ0) is 17.3. The molecule has 2 aromatic carbocycles. The highest BCUT2D eigenvalue weighted by atomic mass is 35.5. The second-order valence-corrected chi connectivity index (χ2v) is 7.59. The van der Waals surface area contributed by atoms with Crippen molar-refractivity contribution < 1.29 is 4.79 Å². The first-order chi connectivity index (χ1) is 11.5. The lowest BCUT2D eigenvalue weighted by atomic mass is 10.2. The zero-order valence-electron chi connectivity index (χ0n) is 13.2. The Hall–Kier alpha value is -1.82. The topological polar surface area (TPSA) is 23.6 Å². The summed E-state index contributed by atoms with van der Waals surface area (Å²) in [6.45, 7) is 0.